The van der Waals surface area contributed by atoms with Gasteiger partial charge in [0.2, 0.25) is 5.95 Å². The molecule has 3 fully saturated rings. The number of aryl methyl sites for hydroxylation is 1. The number of rotatable bonds is 12. The summed E-state index contributed by atoms with van der Waals surface area (Å²) in [6, 6.07) is 17.8. The first kappa shape index (κ1) is 42.2. The van der Waals surface area contributed by atoms with Crippen LogP contribution in [0.15, 0.2) is 54.6 Å². The van der Waals surface area contributed by atoms with Crippen molar-refractivity contribution in [2.24, 2.45) is 5.92 Å². The van der Waals surface area contributed by atoms with Crippen molar-refractivity contribution in [3.63, 3.8) is 0 Å². The number of halogens is 6. The largest absolute Gasteiger partial charge is 0.497 e. The number of fused-ring (bicyclic) bond motifs is 2. The zero-order chi connectivity index (χ0) is 43.1. The van der Waals surface area contributed by atoms with Crippen LogP contribution in [0.2, 0.25) is 5.02 Å². The number of piperidine rings is 1. The van der Waals surface area contributed by atoms with Crippen LogP contribution in [0.4, 0.5) is 33.7 Å². The van der Waals surface area contributed by atoms with Crippen molar-refractivity contribution in [1.29, 1.82) is 5.26 Å². The molecule has 5 aromatic rings. The predicted octanol–water partition coefficient (Wildman–Crippen LogP) is 9.13. The molecule has 0 aliphatic carbocycles. The first-order valence-electron chi connectivity index (χ1n) is 20.1. The van der Waals surface area contributed by atoms with E-state index in [0.29, 0.717) is 43.9 Å². The molecule has 2 atom stereocenters. The molecule has 3 aliphatic heterocycles. The van der Waals surface area contributed by atoms with E-state index in [1.54, 1.807) is 43.4 Å². The van der Waals surface area contributed by atoms with Crippen LogP contribution >= 0.6 is 11.6 Å². The Morgan fingerprint density at radius 2 is 1.57 bits per heavy atom. The lowest BCUT2D eigenvalue weighted by Crippen LogP contribution is -2.43. The van der Waals surface area contributed by atoms with Crippen molar-refractivity contribution in [3.05, 3.63) is 87.8 Å². The minimum Gasteiger partial charge on any atom is -0.497 e. The molecule has 0 radical (unpaired) electrons. The van der Waals surface area contributed by atoms with Crippen molar-refractivity contribution in [3.8, 4) is 34.8 Å². The standard InChI is InChI=1S/C44H44ClF5N8O3/c1-26-36(44(48,49)50)39(53-41(52-26)57(22-28-5-9-31(59-2)10-6-28)23-29-7-11-32(60-3)12-8-29)35-34(45)19-33-38(37(35)47)54-42(55-40(33)56-17-13-27(21-51)14-18-56)61-25-43-15-4-16-58(43)24-30(46)20-43/h5-12,19,27,30H,4,13-18,20,22-25H2,1-3H3/t30-,43+/m1/s1. The molecule has 3 saturated heterocycles. The normalized spacial score (nSPS) is 19.5. The quantitative estimate of drug-likeness (QED) is 0.112. The second kappa shape index (κ2) is 17.1. The van der Waals surface area contributed by atoms with E-state index in [-0.39, 0.29) is 72.3 Å². The summed E-state index contributed by atoms with van der Waals surface area (Å²) in [7, 11) is 3.09. The van der Waals surface area contributed by atoms with Crippen LogP contribution in [0.3, 0.4) is 0 Å². The van der Waals surface area contributed by atoms with Crippen molar-refractivity contribution in [2.75, 3.05) is 56.8 Å². The summed E-state index contributed by atoms with van der Waals surface area (Å²) in [5.74, 6) is 0.0731. The van der Waals surface area contributed by atoms with Crippen molar-refractivity contribution in [2.45, 2.75) is 70.0 Å². The number of benzene rings is 3. The summed E-state index contributed by atoms with van der Waals surface area (Å²) < 4.78 is 94.5. The Labute approximate surface area is 355 Å². The molecule has 11 nitrogen and oxygen atoms in total. The zero-order valence-corrected chi connectivity index (χ0v) is 34.7. The number of methoxy groups -OCH3 is 2. The number of nitrogens with zero attached hydrogens (tertiary/aromatic N) is 8. The first-order valence-corrected chi connectivity index (χ1v) is 20.5. The molecule has 0 unspecified atom stereocenters. The topological polar surface area (TPSA) is 113 Å². The van der Waals surface area contributed by atoms with Gasteiger partial charge < -0.3 is 24.0 Å². The van der Waals surface area contributed by atoms with Crippen molar-refractivity contribution < 1.29 is 36.2 Å². The van der Waals surface area contributed by atoms with Gasteiger partial charge in [-0.2, -0.15) is 28.4 Å². The number of hydrogen-bond donors (Lipinski definition) is 0. The molecule has 3 aromatic carbocycles. The minimum absolute atomic E-state index is 0.0435. The molecule has 320 valence electrons. The lowest BCUT2D eigenvalue weighted by atomic mass is 9.95. The van der Waals surface area contributed by atoms with Gasteiger partial charge in [-0.1, -0.05) is 35.9 Å². The summed E-state index contributed by atoms with van der Waals surface area (Å²) in [6.07, 6.45) is -3.16. The second-order valence-corrected chi connectivity index (χ2v) is 16.3. The SMILES string of the molecule is COc1ccc(CN(Cc2ccc(OC)cc2)c2nc(C)c(C(F)(F)F)c(-c3c(Cl)cc4c(N5CCC(C#N)CC5)nc(OC[C@@]56CCCN5C[C@H](F)C6)nc4c3F)n2)cc1. The lowest BCUT2D eigenvalue weighted by molar-refractivity contribution is -0.138. The fraction of sp³-hybridized carbons (Fsp3) is 0.432. The average Bonchev–Trinajstić information content (AvgIpc) is 3.78. The number of ether oxygens (including phenoxy) is 3. The van der Waals surface area contributed by atoms with Crippen LogP contribution in [-0.2, 0) is 19.3 Å². The van der Waals surface area contributed by atoms with Crippen LogP contribution in [0, 0.1) is 30.0 Å². The molecule has 8 rings (SSSR count). The van der Waals surface area contributed by atoms with E-state index in [4.69, 9.17) is 30.8 Å². The molecule has 5 heterocycles. The van der Waals surface area contributed by atoms with E-state index in [9.17, 15) is 9.65 Å². The molecule has 2 aromatic heterocycles. The third-order valence-corrected chi connectivity index (χ3v) is 12.3. The molecule has 61 heavy (non-hydrogen) atoms. The molecule has 0 bridgehead atoms. The van der Waals surface area contributed by atoms with Gasteiger partial charge in [0, 0.05) is 50.4 Å². The molecule has 0 amide bonds. The number of aromatic nitrogens is 4. The van der Waals surface area contributed by atoms with Gasteiger partial charge in [0.25, 0.3) is 0 Å². The highest BCUT2D eigenvalue weighted by Gasteiger charge is 2.49. The van der Waals surface area contributed by atoms with Gasteiger partial charge in [-0.15, -0.1) is 0 Å². The Balaban J connectivity index is 1.26. The Kier molecular flexibility index (Phi) is 11.8. The Bertz CT molecular complexity index is 2400. The maximum absolute atomic E-state index is 17.5. The fourth-order valence-electron chi connectivity index (χ4n) is 8.87. The number of nitriles is 1. The van der Waals surface area contributed by atoms with Gasteiger partial charge in [0.05, 0.1) is 47.8 Å². The van der Waals surface area contributed by atoms with E-state index in [0.717, 1.165) is 24.1 Å². The summed E-state index contributed by atoms with van der Waals surface area (Å²) in [6.45, 7) is 3.38. The lowest BCUT2D eigenvalue weighted by Gasteiger charge is -2.32. The maximum atomic E-state index is 17.5. The van der Waals surface area contributed by atoms with Crippen LogP contribution in [0.1, 0.15) is 54.5 Å². The van der Waals surface area contributed by atoms with Crippen LogP contribution in [0.5, 0.6) is 17.5 Å². The summed E-state index contributed by atoms with van der Waals surface area (Å²) >= 11 is 6.89. The second-order valence-electron chi connectivity index (χ2n) is 15.9. The monoisotopic (exact) mass is 862 g/mol. The van der Waals surface area contributed by atoms with Gasteiger partial charge in [-0.3, -0.25) is 4.90 Å². The number of hydrogen-bond acceptors (Lipinski definition) is 11. The molecule has 0 N–H and O–H groups in total. The minimum atomic E-state index is -5.02. The van der Waals surface area contributed by atoms with Gasteiger partial charge in [0.1, 0.15) is 41.2 Å². The summed E-state index contributed by atoms with van der Waals surface area (Å²) in [5.41, 5.74) is -2.40. The number of alkyl halides is 4. The third-order valence-electron chi connectivity index (χ3n) is 12.0. The summed E-state index contributed by atoms with van der Waals surface area (Å²) in [5, 5.41) is 9.37. The highest BCUT2D eigenvalue weighted by molar-refractivity contribution is 6.34. The van der Waals surface area contributed by atoms with Crippen LogP contribution in [0.25, 0.3) is 22.2 Å². The van der Waals surface area contributed by atoms with E-state index in [1.165, 1.54) is 13.0 Å². The maximum Gasteiger partial charge on any atom is 0.420 e. The van der Waals surface area contributed by atoms with Gasteiger partial charge in [0.15, 0.2) is 5.82 Å². The van der Waals surface area contributed by atoms with Crippen LogP contribution in [-0.4, -0.2) is 83.6 Å². The predicted molar refractivity (Wildman–Crippen MR) is 220 cm³/mol. The fourth-order valence-corrected chi connectivity index (χ4v) is 9.15. The molecule has 0 spiro atoms. The Morgan fingerprint density at radius 3 is 2.16 bits per heavy atom. The van der Waals surface area contributed by atoms with Crippen molar-refractivity contribution >= 4 is 34.3 Å². The Hall–Kier alpha value is -5.53. The van der Waals surface area contributed by atoms with Gasteiger partial charge in [-0.05, 0) is 80.6 Å². The van der Waals surface area contributed by atoms with E-state index in [1.807, 2.05) is 29.2 Å². The molecule has 0 saturated carbocycles. The van der Waals surface area contributed by atoms with Gasteiger partial charge >= 0.3 is 12.2 Å². The molecular formula is C44H44ClF5N8O3. The van der Waals surface area contributed by atoms with Crippen molar-refractivity contribution in [1.82, 2.24) is 24.8 Å². The highest BCUT2D eigenvalue weighted by atomic mass is 35.5. The first-order chi connectivity index (χ1) is 29.3. The highest BCUT2D eigenvalue weighted by Crippen LogP contribution is 2.46. The zero-order valence-electron chi connectivity index (χ0n) is 33.9. The van der Waals surface area contributed by atoms with E-state index >= 15 is 17.6 Å². The third kappa shape index (κ3) is 8.55. The average molecular weight is 863 g/mol. The Morgan fingerprint density at radius 1 is 0.934 bits per heavy atom. The van der Waals surface area contributed by atoms with Gasteiger partial charge in [-0.25, -0.2) is 18.7 Å². The summed E-state index contributed by atoms with van der Waals surface area (Å²) in [4.78, 5) is 23.7. The molecular weight excluding hydrogens is 819 g/mol. The molecule has 3 aliphatic rings. The number of anilines is 2. The van der Waals surface area contributed by atoms with E-state index in [2.05, 4.69) is 25.9 Å². The smallest absolute Gasteiger partial charge is 0.420 e. The van der Waals surface area contributed by atoms with Crippen LogP contribution < -0.4 is 24.0 Å². The molecule has 17 heteroatoms. The van der Waals surface area contributed by atoms with E-state index < -0.39 is 46.2 Å².